The van der Waals surface area contributed by atoms with Crippen molar-refractivity contribution >= 4 is 17.3 Å². The number of carboxylic acid groups (broad SMARTS) is 1. The van der Waals surface area contributed by atoms with Crippen LogP contribution in [0.1, 0.15) is 12.3 Å². The number of aromatic nitrogens is 2. The van der Waals surface area contributed by atoms with E-state index < -0.39 is 11.5 Å². The lowest BCUT2D eigenvalue weighted by atomic mass is 10.0. The van der Waals surface area contributed by atoms with Crippen LogP contribution in [-0.2, 0) is 11.3 Å². The van der Waals surface area contributed by atoms with E-state index in [4.69, 9.17) is 15.4 Å². The molecule has 106 valence electrons. The van der Waals surface area contributed by atoms with Gasteiger partial charge in [0, 0.05) is 24.0 Å². The topological polar surface area (TPSA) is 105 Å². The van der Waals surface area contributed by atoms with E-state index in [9.17, 15) is 4.79 Å². The second-order valence-corrected chi connectivity index (χ2v) is 5.73. The average molecular weight is 294 g/mol. The lowest BCUT2D eigenvalue weighted by Gasteiger charge is -2.18. The summed E-state index contributed by atoms with van der Waals surface area (Å²) in [6.07, 6.45) is 0.424. The standard InChI is InChI=1S/C12H14N4O3S/c13-12(11(17)18)2-3-16(7-12)5-9-14-10(15-19-9)8-1-4-20-6-8/h1,4,6H,2-3,5,7,13H2,(H,17,18). The molecule has 0 aromatic carbocycles. The molecule has 0 amide bonds. The number of nitrogens with zero attached hydrogens (tertiary/aromatic N) is 3. The summed E-state index contributed by atoms with van der Waals surface area (Å²) in [4.78, 5) is 17.3. The molecule has 0 radical (unpaired) electrons. The first-order valence-electron chi connectivity index (χ1n) is 6.17. The first-order valence-corrected chi connectivity index (χ1v) is 7.11. The average Bonchev–Trinajstić information content (AvgIpc) is 3.10. The molecule has 0 saturated carbocycles. The molecule has 8 heteroatoms. The van der Waals surface area contributed by atoms with Crippen LogP contribution in [-0.4, -0.2) is 44.7 Å². The van der Waals surface area contributed by atoms with Crippen LogP contribution >= 0.6 is 11.3 Å². The van der Waals surface area contributed by atoms with Crippen LogP contribution in [0.4, 0.5) is 0 Å². The Bertz CT molecular complexity index is 612. The molecule has 7 nitrogen and oxygen atoms in total. The number of likely N-dealkylation sites (tertiary alicyclic amines) is 1. The summed E-state index contributed by atoms with van der Waals surface area (Å²) in [5, 5.41) is 16.9. The SMILES string of the molecule is NC1(C(=O)O)CCN(Cc2nc(-c3ccsc3)no2)C1. The van der Waals surface area contributed by atoms with Crippen LogP contribution in [0, 0.1) is 0 Å². The third-order valence-electron chi connectivity index (χ3n) is 3.41. The minimum absolute atomic E-state index is 0.290. The van der Waals surface area contributed by atoms with Gasteiger partial charge in [0.1, 0.15) is 5.54 Å². The molecule has 1 saturated heterocycles. The zero-order valence-corrected chi connectivity index (χ0v) is 11.5. The molecule has 1 aliphatic rings. The molecular formula is C12H14N4O3S. The highest BCUT2D eigenvalue weighted by Crippen LogP contribution is 2.22. The molecule has 3 heterocycles. The fourth-order valence-electron chi connectivity index (χ4n) is 2.24. The van der Waals surface area contributed by atoms with Gasteiger partial charge in [-0.15, -0.1) is 0 Å². The Balaban J connectivity index is 1.66. The summed E-state index contributed by atoms with van der Waals surface area (Å²) in [6, 6.07) is 1.92. The maximum absolute atomic E-state index is 11.1. The van der Waals surface area contributed by atoms with Crippen LogP contribution in [0.3, 0.4) is 0 Å². The quantitative estimate of drug-likeness (QED) is 0.858. The molecule has 3 N–H and O–H groups in total. The molecule has 2 aromatic rings. The number of thiophene rings is 1. The summed E-state index contributed by atoms with van der Waals surface area (Å²) in [5.74, 6) is 0.0584. The second-order valence-electron chi connectivity index (χ2n) is 4.95. The minimum atomic E-state index is -1.17. The number of carbonyl (C=O) groups is 1. The summed E-state index contributed by atoms with van der Waals surface area (Å²) < 4.78 is 5.19. The highest BCUT2D eigenvalue weighted by atomic mass is 32.1. The molecule has 20 heavy (non-hydrogen) atoms. The zero-order chi connectivity index (χ0) is 14.2. The Morgan fingerprint density at radius 3 is 3.15 bits per heavy atom. The molecule has 0 spiro atoms. The van der Waals surface area contributed by atoms with Crippen LogP contribution in [0.2, 0.25) is 0 Å². The maximum Gasteiger partial charge on any atom is 0.325 e. The van der Waals surface area contributed by atoms with Crippen molar-refractivity contribution in [2.75, 3.05) is 13.1 Å². The number of hydrogen-bond donors (Lipinski definition) is 2. The zero-order valence-electron chi connectivity index (χ0n) is 10.7. The van der Waals surface area contributed by atoms with E-state index in [-0.39, 0.29) is 0 Å². The van der Waals surface area contributed by atoms with E-state index in [1.807, 2.05) is 21.7 Å². The predicted octanol–water partition coefficient (Wildman–Crippen LogP) is 0.786. The van der Waals surface area contributed by atoms with Crippen molar-refractivity contribution in [2.45, 2.75) is 18.5 Å². The first kappa shape index (κ1) is 13.2. The van der Waals surface area contributed by atoms with Gasteiger partial charge in [-0.2, -0.15) is 16.3 Å². The van der Waals surface area contributed by atoms with Gasteiger partial charge < -0.3 is 15.4 Å². The van der Waals surface area contributed by atoms with Gasteiger partial charge in [0.15, 0.2) is 0 Å². The molecule has 1 fully saturated rings. The Morgan fingerprint density at radius 2 is 2.50 bits per heavy atom. The van der Waals surface area contributed by atoms with Gasteiger partial charge in [-0.1, -0.05) is 5.16 Å². The smallest absolute Gasteiger partial charge is 0.325 e. The van der Waals surface area contributed by atoms with Crippen LogP contribution < -0.4 is 5.73 Å². The van der Waals surface area contributed by atoms with E-state index in [0.717, 1.165) is 5.56 Å². The Hall–Kier alpha value is -1.77. The monoisotopic (exact) mass is 294 g/mol. The molecule has 3 rings (SSSR count). The summed E-state index contributed by atoms with van der Waals surface area (Å²) in [6.45, 7) is 1.32. The van der Waals surface area contributed by atoms with Crippen molar-refractivity contribution in [3.05, 3.63) is 22.7 Å². The number of nitrogens with two attached hydrogens (primary N) is 1. The number of rotatable bonds is 4. The maximum atomic E-state index is 11.1. The first-order chi connectivity index (χ1) is 9.57. The summed E-state index contributed by atoms with van der Waals surface area (Å²) >= 11 is 1.57. The fraction of sp³-hybridized carbons (Fsp3) is 0.417. The lowest BCUT2D eigenvalue weighted by molar-refractivity contribution is -0.142. The molecule has 1 unspecified atom stereocenters. The van der Waals surface area contributed by atoms with E-state index in [1.165, 1.54) is 0 Å². The largest absolute Gasteiger partial charge is 0.480 e. The summed E-state index contributed by atoms with van der Waals surface area (Å²) in [5.41, 5.74) is 5.57. The van der Waals surface area contributed by atoms with Crippen molar-refractivity contribution in [1.82, 2.24) is 15.0 Å². The molecule has 0 aliphatic carbocycles. The number of aliphatic carboxylic acids is 1. The van der Waals surface area contributed by atoms with Crippen molar-refractivity contribution in [3.8, 4) is 11.4 Å². The minimum Gasteiger partial charge on any atom is -0.480 e. The normalized spacial score (nSPS) is 23.2. The van der Waals surface area contributed by atoms with Gasteiger partial charge in [-0.05, 0) is 17.9 Å². The molecule has 0 bridgehead atoms. The molecule has 2 aromatic heterocycles. The fourth-order valence-corrected chi connectivity index (χ4v) is 2.88. The predicted molar refractivity (Wildman–Crippen MR) is 72.1 cm³/mol. The second kappa shape index (κ2) is 4.97. The summed E-state index contributed by atoms with van der Waals surface area (Å²) in [7, 11) is 0. The van der Waals surface area contributed by atoms with Crippen molar-refractivity contribution < 1.29 is 14.4 Å². The van der Waals surface area contributed by atoms with Crippen molar-refractivity contribution in [2.24, 2.45) is 5.73 Å². The van der Waals surface area contributed by atoms with Gasteiger partial charge in [-0.25, -0.2) is 0 Å². The third kappa shape index (κ3) is 2.45. The van der Waals surface area contributed by atoms with Crippen LogP contribution in [0.5, 0.6) is 0 Å². The van der Waals surface area contributed by atoms with Gasteiger partial charge in [0.2, 0.25) is 11.7 Å². The Morgan fingerprint density at radius 1 is 1.65 bits per heavy atom. The van der Waals surface area contributed by atoms with Gasteiger partial charge in [0.25, 0.3) is 0 Å². The van der Waals surface area contributed by atoms with Gasteiger partial charge >= 0.3 is 5.97 Å². The lowest BCUT2D eigenvalue weighted by Crippen LogP contribution is -2.50. The number of hydrogen-bond acceptors (Lipinski definition) is 7. The van der Waals surface area contributed by atoms with E-state index in [2.05, 4.69) is 10.1 Å². The van der Waals surface area contributed by atoms with Crippen molar-refractivity contribution in [1.29, 1.82) is 0 Å². The van der Waals surface area contributed by atoms with Crippen LogP contribution in [0.25, 0.3) is 11.4 Å². The van der Waals surface area contributed by atoms with Crippen molar-refractivity contribution in [3.63, 3.8) is 0 Å². The molecular weight excluding hydrogens is 280 g/mol. The highest BCUT2D eigenvalue weighted by Gasteiger charge is 2.41. The van der Waals surface area contributed by atoms with E-state index in [1.54, 1.807) is 11.3 Å². The number of carboxylic acids is 1. The molecule has 1 aliphatic heterocycles. The Labute approximate surface area is 119 Å². The van der Waals surface area contributed by atoms with E-state index in [0.29, 0.717) is 37.8 Å². The van der Waals surface area contributed by atoms with Gasteiger partial charge in [0.05, 0.1) is 6.54 Å². The molecule has 1 atom stereocenters. The Kier molecular flexibility index (Phi) is 3.28. The third-order valence-corrected chi connectivity index (χ3v) is 4.10. The van der Waals surface area contributed by atoms with E-state index >= 15 is 0 Å². The highest BCUT2D eigenvalue weighted by molar-refractivity contribution is 7.08. The van der Waals surface area contributed by atoms with Crippen LogP contribution in [0.15, 0.2) is 21.3 Å². The van der Waals surface area contributed by atoms with Gasteiger partial charge in [-0.3, -0.25) is 9.69 Å².